The molecule has 0 heterocycles. The molecule has 0 aliphatic carbocycles. The maximum absolute atomic E-state index is 11.1. The zero-order valence-electron chi connectivity index (χ0n) is 5.91. The van der Waals surface area contributed by atoms with Gasteiger partial charge in [-0.05, 0) is 15.9 Å². The summed E-state index contributed by atoms with van der Waals surface area (Å²) in [5.74, 6) is 0. The van der Waals surface area contributed by atoms with Crippen LogP contribution in [0.3, 0.4) is 0 Å². The second-order valence-corrected chi connectivity index (χ2v) is 4.88. The van der Waals surface area contributed by atoms with Gasteiger partial charge in [0.15, 0.2) is 0 Å². The largest absolute Gasteiger partial charge is 0.529 e. The summed E-state index contributed by atoms with van der Waals surface area (Å²) >= 11 is 8.17. The van der Waals surface area contributed by atoms with Gasteiger partial charge >= 0.3 is 7.82 Å². The molecule has 0 saturated carbocycles. The maximum Gasteiger partial charge on any atom is 0.529 e. The third-order valence-electron chi connectivity index (χ3n) is 0.718. The highest BCUT2D eigenvalue weighted by atomic mass is 79.9. The summed E-state index contributed by atoms with van der Waals surface area (Å²) in [7, 11) is -1.01. The standard InChI is InChI=1S/C4H7BrClO4P/c1-8-11(7,9-2)10-3-4(5)6/h3H,1-2H3. The first-order valence-electron chi connectivity index (χ1n) is 2.45. The lowest BCUT2D eigenvalue weighted by molar-refractivity contribution is 0.194. The fourth-order valence-corrected chi connectivity index (χ4v) is 1.17. The normalized spacial score (nSPS) is 13.3. The smallest absolute Gasteiger partial charge is 0.410 e. The van der Waals surface area contributed by atoms with E-state index in [2.05, 4.69) is 29.5 Å². The van der Waals surface area contributed by atoms with Crippen LogP contribution in [0.1, 0.15) is 0 Å². The highest BCUT2D eigenvalue weighted by Gasteiger charge is 2.22. The molecule has 0 radical (unpaired) electrons. The molecular weight excluding hydrogens is 258 g/mol. The van der Waals surface area contributed by atoms with E-state index in [1.807, 2.05) is 0 Å². The van der Waals surface area contributed by atoms with E-state index < -0.39 is 7.82 Å². The van der Waals surface area contributed by atoms with Crippen LogP contribution in [0, 0.1) is 0 Å². The van der Waals surface area contributed by atoms with Crippen LogP contribution in [0.5, 0.6) is 0 Å². The molecule has 0 amide bonds. The molecule has 0 spiro atoms. The number of rotatable bonds is 4. The third-order valence-corrected chi connectivity index (χ3v) is 2.25. The molecule has 0 fully saturated rings. The predicted octanol–water partition coefficient (Wildman–Crippen LogP) is 2.84. The van der Waals surface area contributed by atoms with Gasteiger partial charge in [-0.2, -0.15) is 0 Å². The Kier molecular flexibility index (Phi) is 5.38. The Balaban J connectivity index is 4.10. The van der Waals surface area contributed by atoms with Gasteiger partial charge in [0, 0.05) is 14.2 Å². The van der Waals surface area contributed by atoms with Crippen LogP contribution >= 0.6 is 35.4 Å². The molecule has 4 nitrogen and oxygen atoms in total. The van der Waals surface area contributed by atoms with E-state index in [-0.39, 0.29) is 3.94 Å². The van der Waals surface area contributed by atoms with Gasteiger partial charge in [0.25, 0.3) is 0 Å². The summed E-state index contributed by atoms with van der Waals surface area (Å²) < 4.78 is 24.6. The molecule has 0 atom stereocenters. The maximum atomic E-state index is 11.1. The Bertz CT molecular complexity index is 183. The Morgan fingerprint density at radius 2 is 2.00 bits per heavy atom. The van der Waals surface area contributed by atoms with Gasteiger partial charge in [0.1, 0.15) is 10.2 Å². The number of phosphoric acid groups is 1. The molecule has 0 N–H and O–H groups in total. The minimum atomic E-state index is -3.43. The predicted molar refractivity (Wildman–Crippen MR) is 45.6 cm³/mol. The SMILES string of the molecule is COP(=O)(OC)OC=C(Cl)Br. The fourth-order valence-electron chi connectivity index (χ4n) is 0.265. The molecule has 11 heavy (non-hydrogen) atoms. The number of phosphoric ester groups is 1. The first-order valence-corrected chi connectivity index (χ1v) is 5.08. The fraction of sp³-hybridized carbons (Fsp3) is 0.500. The highest BCUT2D eigenvalue weighted by molar-refractivity contribution is 9.12. The zero-order valence-corrected chi connectivity index (χ0v) is 9.15. The van der Waals surface area contributed by atoms with Crippen LogP contribution in [-0.4, -0.2) is 14.2 Å². The molecule has 0 aliphatic rings. The lowest BCUT2D eigenvalue weighted by Gasteiger charge is -2.10. The molecule has 0 bridgehead atoms. The minimum Gasteiger partial charge on any atom is -0.410 e. The van der Waals surface area contributed by atoms with E-state index in [4.69, 9.17) is 11.6 Å². The van der Waals surface area contributed by atoms with E-state index in [0.29, 0.717) is 0 Å². The highest BCUT2D eigenvalue weighted by Crippen LogP contribution is 2.48. The first kappa shape index (κ1) is 11.5. The Hall–Kier alpha value is 0.460. The summed E-state index contributed by atoms with van der Waals surface area (Å²) in [6.45, 7) is 0. The molecule has 0 unspecified atom stereocenters. The van der Waals surface area contributed by atoms with Gasteiger partial charge in [-0.1, -0.05) is 11.6 Å². The molecule has 66 valence electrons. The van der Waals surface area contributed by atoms with Crippen molar-refractivity contribution in [3.8, 4) is 0 Å². The topological polar surface area (TPSA) is 44.8 Å². The second-order valence-electron chi connectivity index (χ2n) is 1.33. The zero-order chi connectivity index (χ0) is 8.91. The minimum absolute atomic E-state index is 0.173. The summed E-state index contributed by atoms with van der Waals surface area (Å²) in [6, 6.07) is 0. The number of halogens is 2. The summed E-state index contributed by atoms with van der Waals surface area (Å²) in [5.41, 5.74) is 0. The lowest BCUT2D eigenvalue weighted by Crippen LogP contribution is -1.88. The van der Waals surface area contributed by atoms with Crippen LogP contribution in [0.25, 0.3) is 0 Å². The van der Waals surface area contributed by atoms with Crippen molar-refractivity contribution >= 4 is 35.4 Å². The van der Waals surface area contributed by atoms with Crippen molar-refractivity contribution in [1.29, 1.82) is 0 Å². The van der Waals surface area contributed by atoms with Crippen molar-refractivity contribution in [1.82, 2.24) is 0 Å². The van der Waals surface area contributed by atoms with Crippen molar-refractivity contribution in [2.45, 2.75) is 0 Å². The summed E-state index contributed by atoms with van der Waals surface area (Å²) in [5, 5.41) is 0. The quantitative estimate of drug-likeness (QED) is 0.579. The number of hydrogen-bond acceptors (Lipinski definition) is 4. The molecule has 7 heteroatoms. The van der Waals surface area contributed by atoms with E-state index in [1.165, 1.54) is 14.2 Å². The summed E-state index contributed by atoms with van der Waals surface area (Å²) in [4.78, 5) is 0. The molecule has 0 aromatic carbocycles. The Morgan fingerprint density at radius 1 is 1.55 bits per heavy atom. The van der Waals surface area contributed by atoms with Crippen LogP contribution in [0.15, 0.2) is 10.2 Å². The molecule has 0 saturated heterocycles. The third kappa shape index (κ3) is 4.82. The Morgan fingerprint density at radius 3 is 2.27 bits per heavy atom. The molecule has 0 aromatic heterocycles. The van der Waals surface area contributed by atoms with E-state index >= 15 is 0 Å². The van der Waals surface area contributed by atoms with Gasteiger partial charge in [0.2, 0.25) is 0 Å². The van der Waals surface area contributed by atoms with E-state index in [1.54, 1.807) is 0 Å². The molecular formula is C4H7BrClO4P. The van der Waals surface area contributed by atoms with Crippen LogP contribution in [0.2, 0.25) is 0 Å². The average Bonchev–Trinajstić information content (AvgIpc) is 2.00. The van der Waals surface area contributed by atoms with Crippen molar-refractivity contribution in [3.63, 3.8) is 0 Å². The van der Waals surface area contributed by atoms with Crippen molar-refractivity contribution in [2.75, 3.05) is 14.2 Å². The van der Waals surface area contributed by atoms with Crippen LogP contribution < -0.4 is 0 Å². The van der Waals surface area contributed by atoms with Crippen molar-refractivity contribution in [2.24, 2.45) is 0 Å². The summed E-state index contributed by atoms with van der Waals surface area (Å²) in [6.07, 6.45) is 1.02. The van der Waals surface area contributed by atoms with E-state index in [9.17, 15) is 4.57 Å². The molecule has 0 rings (SSSR count). The van der Waals surface area contributed by atoms with Crippen molar-refractivity contribution < 1.29 is 18.1 Å². The van der Waals surface area contributed by atoms with Gasteiger partial charge in [-0.3, -0.25) is 9.05 Å². The van der Waals surface area contributed by atoms with Gasteiger partial charge < -0.3 is 4.52 Å². The van der Waals surface area contributed by atoms with Crippen molar-refractivity contribution in [3.05, 3.63) is 10.2 Å². The van der Waals surface area contributed by atoms with Crippen LogP contribution in [-0.2, 0) is 18.1 Å². The first-order chi connectivity index (χ1) is 5.04. The van der Waals surface area contributed by atoms with Gasteiger partial charge in [0.05, 0.1) is 0 Å². The molecule has 0 aliphatic heterocycles. The average molecular weight is 265 g/mol. The second kappa shape index (κ2) is 5.17. The van der Waals surface area contributed by atoms with Gasteiger partial charge in [-0.25, -0.2) is 4.57 Å². The number of hydrogen-bond donors (Lipinski definition) is 0. The van der Waals surface area contributed by atoms with E-state index in [0.717, 1.165) is 6.26 Å². The lowest BCUT2D eigenvalue weighted by atomic mass is 11.2. The van der Waals surface area contributed by atoms with Gasteiger partial charge in [-0.15, -0.1) is 0 Å². The van der Waals surface area contributed by atoms with Crippen LogP contribution in [0.4, 0.5) is 0 Å². The monoisotopic (exact) mass is 264 g/mol. The molecule has 0 aromatic rings. The Labute approximate surface area is 78.2 Å².